The highest BCUT2D eigenvalue weighted by molar-refractivity contribution is 9.10. The average molecular weight is 332 g/mol. The summed E-state index contributed by atoms with van der Waals surface area (Å²) in [6.45, 7) is 2.25. The van der Waals surface area contributed by atoms with Crippen LogP contribution in [0.1, 0.15) is 50.7 Å². The van der Waals surface area contributed by atoms with Crippen LogP contribution >= 0.6 is 27.5 Å². The summed E-state index contributed by atoms with van der Waals surface area (Å²) >= 11 is 9.41. The van der Waals surface area contributed by atoms with E-state index in [9.17, 15) is 5.11 Å². The van der Waals surface area contributed by atoms with Crippen molar-refractivity contribution >= 4 is 27.5 Å². The van der Waals surface area contributed by atoms with Crippen molar-refractivity contribution in [3.05, 3.63) is 33.3 Å². The summed E-state index contributed by atoms with van der Waals surface area (Å²) in [6, 6.07) is 5.74. The van der Waals surface area contributed by atoms with E-state index in [0.29, 0.717) is 10.9 Å². The van der Waals surface area contributed by atoms with Crippen molar-refractivity contribution in [3.8, 4) is 0 Å². The van der Waals surface area contributed by atoms with Gasteiger partial charge in [-0.1, -0.05) is 43.9 Å². The third kappa shape index (κ3) is 3.28. The van der Waals surface area contributed by atoms with Gasteiger partial charge in [0.1, 0.15) is 0 Å². The van der Waals surface area contributed by atoms with Crippen LogP contribution < -0.4 is 0 Å². The molecule has 0 heterocycles. The summed E-state index contributed by atoms with van der Waals surface area (Å²) in [7, 11) is 0. The Hall–Kier alpha value is -0.0500. The monoisotopic (exact) mass is 330 g/mol. The number of aliphatic hydroxyl groups is 1. The molecule has 0 saturated heterocycles. The number of hydrogen-bond acceptors (Lipinski definition) is 1. The Morgan fingerprint density at radius 3 is 2.89 bits per heavy atom. The fourth-order valence-electron chi connectivity index (χ4n) is 2.96. The molecule has 1 N–H and O–H groups in total. The van der Waals surface area contributed by atoms with Crippen LogP contribution in [0.4, 0.5) is 0 Å². The van der Waals surface area contributed by atoms with Gasteiger partial charge in [-0.3, -0.25) is 0 Å². The predicted molar refractivity (Wildman–Crippen MR) is 79.9 cm³/mol. The maximum absolute atomic E-state index is 10.5. The van der Waals surface area contributed by atoms with Crippen LogP contribution in [0, 0.1) is 11.8 Å². The first-order chi connectivity index (χ1) is 8.61. The van der Waals surface area contributed by atoms with E-state index in [1.54, 1.807) is 0 Å². The van der Waals surface area contributed by atoms with Crippen LogP contribution in [0.3, 0.4) is 0 Å². The Bertz CT molecular complexity index is 407. The molecule has 0 bridgehead atoms. The predicted octanol–water partition coefficient (Wildman–Crippen LogP) is 5.35. The number of hydrogen-bond donors (Lipinski definition) is 1. The summed E-state index contributed by atoms with van der Waals surface area (Å²) in [6.07, 6.45) is 5.73. The van der Waals surface area contributed by atoms with Crippen molar-refractivity contribution in [3.63, 3.8) is 0 Å². The smallest absolute Gasteiger partial charge is 0.0818 e. The Morgan fingerprint density at radius 1 is 1.44 bits per heavy atom. The van der Waals surface area contributed by atoms with Crippen LogP contribution in [0.15, 0.2) is 22.7 Å². The first kappa shape index (κ1) is 14.4. The SMILES string of the molecule is CCC1CCCC(C(O)c2ccc(Cl)c(Br)c2)C1. The quantitative estimate of drug-likeness (QED) is 0.791. The van der Waals surface area contributed by atoms with E-state index in [1.807, 2.05) is 18.2 Å². The molecule has 0 radical (unpaired) electrons. The Morgan fingerprint density at radius 2 is 2.22 bits per heavy atom. The molecule has 0 spiro atoms. The summed E-state index contributed by atoms with van der Waals surface area (Å²) in [5.74, 6) is 1.19. The number of rotatable bonds is 3. The van der Waals surface area contributed by atoms with Crippen molar-refractivity contribution < 1.29 is 5.11 Å². The highest BCUT2D eigenvalue weighted by Gasteiger charge is 2.27. The normalized spacial score (nSPS) is 26.0. The van der Waals surface area contributed by atoms with Gasteiger partial charge in [0.05, 0.1) is 11.1 Å². The lowest BCUT2D eigenvalue weighted by atomic mass is 9.76. The van der Waals surface area contributed by atoms with Crippen LogP contribution in [-0.2, 0) is 0 Å². The van der Waals surface area contributed by atoms with Crippen LogP contribution in [0.25, 0.3) is 0 Å². The van der Waals surface area contributed by atoms with E-state index in [-0.39, 0.29) is 6.10 Å². The summed E-state index contributed by atoms with van der Waals surface area (Å²) in [5, 5.41) is 11.2. The Labute approximate surface area is 123 Å². The molecule has 1 nitrogen and oxygen atoms in total. The third-order valence-electron chi connectivity index (χ3n) is 4.13. The average Bonchev–Trinajstić information content (AvgIpc) is 2.41. The standard InChI is InChI=1S/C15H20BrClO/c1-2-10-4-3-5-11(8-10)15(18)12-6-7-14(17)13(16)9-12/h6-7,9-11,15,18H,2-5,8H2,1H3. The van der Waals surface area contributed by atoms with Gasteiger partial charge < -0.3 is 5.11 Å². The fourth-order valence-corrected chi connectivity index (χ4v) is 3.47. The number of benzene rings is 1. The highest BCUT2D eigenvalue weighted by Crippen LogP contribution is 2.39. The van der Waals surface area contributed by atoms with Crippen molar-refractivity contribution in [1.29, 1.82) is 0 Å². The van der Waals surface area contributed by atoms with E-state index < -0.39 is 0 Å². The van der Waals surface area contributed by atoms with Crippen LogP contribution in [0.5, 0.6) is 0 Å². The molecule has 0 amide bonds. The largest absolute Gasteiger partial charge is 0.388 e. The molecular formula is C15H20BrClO. The van der Waals surface area contributed by atoms with Gasteiger partial charge in [0, 0.05) is 4.47 Å². The van der Waals surface area contributed by atoms with E-state index in [0.717, 1.165) is 28.8 Å². The van der Waals surface area contributed by atoms with Gasteiger partial charge in [-0.05, 0) is 58.3 Å². The van der Waals surface area contributed by atoms with E-state index in [1.165, 1.54) is 19.3 Å². The Kier molecular flexibility index (Phi) is 5.11. The molecule has 1 fully saturated rings. The molecule has 1 aliphatic rings. The molecule has 2 rings (SSSR count). The van der Waals surface area contributed by atoms with Crippen molar-refractivity contribution in [2.75, 3.05) is 0 Å². The Balaban J connectivity index is 2.10. The minimum absolute atomic E-state index is 0.354. The first-order valence-corrected chi connectivity index (χ1v) is 7.92. The zero-order valence-corrected chi connectivity index (χ0v) is 13.0. The molecule has 0 aliphatic heterocycles. The van der Waals surface area contributed by atoms with Crippen molar-refractivity contribution in [1.82, 2.24) is 0 Å². The maximum Gasteiger partial charge on any atom is 0.0818 e. The summed E-state index contributed by atoms with van der Waals surface area (Å²) in [5.41, 5.74) is 0.980. The van der Waals surface area contributed by atoms with E-state index >= 15 is 0 Å². The minimum Gasteiger partial charge on any atom is -0.388 e. The molecular weight excluding hydrogens is 312 g/mol. The second-order valence-corrected chi connectivity index (χ2v) is 6.58. The summed E-state index contributed by atoms with van der Waals surface area (Å²) in [4.78, 5) is 0. The molecule has 0 aromatic heterocycles. The topological polar surface area (TPSA) is 20.2 Å². The molecule has 3 unspecified atom stereocenters. The number of aliphatic hydroxyl groups excluding tert-OH is 1. The molecule has 1 aromatic rings. The zero-order valence-electron chi connectivity index (χ0n) is 10.7. The van der Waals surface area contributed by atoms with Gasteiger partial charge in [0.25, 0.3) is 0 Å². The van der Waals surface area contributed by atoms with Gasteiger partial charge in [-0.2, -0.15) is 0 Å². The molecule has 3 heteroatoms. The van der Waals surface area contributed by atoms with Gasteiger partial charge in [0.2, 0.25) is 0 Å². The molecule has 3 atom stereocenters. The lowest BCUT2D eigenvalue weighted by Crippen LogP contribution is -2.21. The molecule has 100 valence electrons. The molecule has 1 aromatic carbocycles. The zero-order chi connectivity index (χ0) is 13.1. The van der Waals surface area contributed by atoms with E-state index in [4.69, 9.17) is 11.6 Å². The van der Waals surface area contributed by atoms with Crippen LogP contribution in [0.2, 0.25) is 5.02 Å². The van der Waals surface area contributed by atoms with Crippen LogP contribution in [-0.4, -0.2) is 5.11 Å². The first-order valence-electron chi connectivity index (χ1n) is 6.74. The van der Waals surface area contributed by atoms with Gasteiger partial charge >= 0.3 is 0 Å². The summed E-state index contributed by atoms with van der Waals surface area (Å²) < 4.78 is 0.864. The molecule has 18 heavy (non-hydrogen) atoms. The lowest BCUT2D eigenvalue weighted by Gasteiger charge is -2.32. The molecule has 1 aliphatic carbocycles. The lowest BCUT2D eigenvalue weighted by molar-refractivity contribution is 0.0678. The van der Waals surface area contributed by atoms with Gasteiger partial charge in [-0.25, -0.2) is 0 Å². The van der Waals surface area contributed by atoms with E-state index in [2.05, 4.69) is 22.9 Å². The third-order valence-corrected chi connectivity index (χ3v) is 5.35. The van der Waals surface area contributed by atoms with Gasteiger partial charge in [-0.15, -0.1) is 0 Å². The second kappa shape index (κ2) is 6.40. The van der Waals surface area contributed by atoms with Crippen molar-refractivity contribution in [2.24, 2.45) is 11.8 Å². The fraction of sp³-hybridized carbons (Fsp3) is 0.600. The minimum atomic E-state index is -0.354. The highest BCUT2D eigenvalue weighted by atomic mass is 79.9. The van der Waals surface area contributed by atoms with Gasteiger partial charge in [0.15, 0.2) is 0 Å². The second-order valence-electron chi connectivity index (χ2n) is 5.32. The number of halogens is 2. The molecule has 1 saturated carbocycles. The maximum atomic E-state index is 10.5. The van der Waals surface area contributed by atoms with Crippen molar-refractivity contribution in [2.45, 2.75) is 45.1 Å².